The van der Waals surface area contributed by atoms with Crippen molar-refractivity contribution in [2.45, 2.75) is 38.6 Å². The topological polar surface area (TPSA) is 26.0 Å². The van der Waals surface area contributed by atoms with Gasteiger partial charge in [-0.25, -0.2) is 4.39 Å². The van der Waals surface area contributed by atoms with Crippen molar-refractivity contribution in [3.8, 4) is 0 Å². The molecular formula is C14H20FN. The van der Waals surface area contributed by atoms with Crippen molar-refractivity contribution in [1.29, 1.82) is 0 Å². The van der Waals surface area contributed by atoms with E-state index in [0.29, 0.717) is 11.8 Å². The Morgan fingerprint density at radius 3 is 2.44 bits per heavy atom. The van der Waals surface area contributed by atoms with E-state index < -0.39 is 0 Å². The van der Waals surface area contributed by atoms with Crippen molar-refractivity contribution >= 4 is 0 Å². The van der Waals surface area contributed by atoms with Crippen molar-refractivity contribution in [2.75, 3.05) is 0 Å². The molecule has 1 nitrogen and oxygen atoms in total. The Balaban J connectivity index is 2.30. The Kier molecular flexibility index (Phi) is 3.02. The molecule has 16 heavy (non-hydrogen) atoms. The molecule has 1 aliphatic carbocycles. The highest BCUT2D eigenvalue weighted by molar-refractivity contribution is 5.25. The molecule has 0 aromatic heterocycles. The molecule has 0 radical (unpaired) electrons. The quantitative estimate of drug-likeness (QED) is 0.772. The minimum atomic E-state index is -0.334. The first-order chi connectivity index (χ1) is 7.49. The largest absolute Gasteiger partial charge is 0.321 e. The maximum absolute atomic E-state index is 13.2. The van der Waals surface area contributed by atoms with Gasteiger partial charge in [-0.3, -0.25) is 0 Å². The van der Waals surface area contributed by atoms with Crippen LogP contribution in [0.25, 0.3) is 0 Å². The van der Waals surface area contributed by atoms with Gasteiger partial charge in [0.2, 0.25) is 0 Å². The molecule has 1 aromatic carbocycles. The molecule has 0 heterocycles. The first-order valence-electron chi connectivity index (χ1n) is 6.04. The molecule has 1 aliphatic rings. The molecule has 2 heteroatoms. The number of hydrogen-bond acceptors (Lipinski definition) is 1. The summed E-state index contributed by atoms with van der Waals surface area (Å²) in [5.74, 6) is 1.06. The molecule has 2 N–H and O–H groups in total. The third-order valence-electron chi connectivity index (χ3n) is 3.63. The zero-order chi connectivity index (χ0) is 11.8. The summed E-state index contributed by atoms with van der Waals surface area (Å²) < 4.78 is 13.2. The van der Waals surface area contributed by atoms with Gasteiger partial charge in [0.25, 0.3) is 0 Å². The zero-order valence-corrected chi connectivity index (χ0v) is 10.0. The number of halogens is 1. The van der Waals surface area contributed by atoms with Crippen molar-refractivity contribution in [3.63, 3.8) is 0 Å². The second kappa shape index (κ2) is 4.17. The molecule has 0 saturated heterocycles. The van der Waals surface area contributed by atoms with Crippen LogP contribution in [0, 0.1) is 17.7 Å². The van der Waals surface area contributed by atoms with Crippen molar-refractivity contribution in [1.82, 2.24) is 0 Å². The lowest BCUT2D eigenvalue weighted by Crippen LogP contribution is -2.43. The fraction of sp³-hybridized carbons (Fsp3) is 0.571. The average molecular weight is 221 g/mol. The number of benzene rings is 1. The monoisotopic (exact) mass is 221 g/mol. The van der Waals surface area contributed by atoms with Crippen LogP contribution in [0.1, 0.15) is 38.7 Å². The van der Waals surface area contributed by atoms with E-state index in [1.165, 1.54) is 12.5 Å². The molecule has 0 amide bonds. The van der Waals surface area contributed by atoms with E-state index >= 15 is 0 Å². The summed E-state index contributed by atoms with van der Waals surface area (Å²) in [5, 5.41) is 0. The molecule has 1 fully saturated rings. The molecule has 88 valence electrons. The standard InChI is InChI=1S/C14H20FN/c1-10-6-11(2)9-14(16,8-10)12-4-3-5-13(15)7-12/h3-5,7,10-11H,6,8-9,16H2,1-2H3. The van der Waals surface area contributed by atoms with Crippen molar-refractivity contribution < 1.29 is 4.39 Å². The van der Waals surface area contributed by atoms with Crippen LogP contribution in [0.4, 0.5) is 4.39 Å². The van der Waals surface area contributed by atoms with Crippen LogP contribution in [0.15, 0.2) is 24.3 Å². The molecule has 2 unspecified atom stereocenters. The maximum Gasteiger partial charge on any atom is 0.123 e. The van der Waals surface area contributed by atoms with Gasteiger partial charge in [0.05, 0.1) is 0 Å². The van der Waals surface area contributed by atoms with Gasteiger partial charge < -0.3 is 5.73 Å². The van der Waals surface area contributed by atoms with Gasteiger partial charge in [-0.1, -0.05) is 26.0 Å². The summed E-state index contributed by atoms with van der Waals surface area (Å²) in [6.45, 7) is 4.47. The van der Waals surface area contributed by atoms with Gasteiger partial charge in [0, 0.05) is 5.54 Å². The molecule has 0 spiro atoms. The molecule has 2 atom stereocenters. The Morgan fingerprint density at radius 2 is 1.88 bits per heavy atom. The Bertz CT molecular complexity index is 365. The number of hydrogen-bond donors (Lipinski definition) is 1. The first kappa shape index (κ1) is 11.6. The summed E-state index contributed by atoms with van der Waals surface area (Å²) in [6.07, 6.45) is 3.15. The van der Waals surface area contributed by atoms with E-state index in [9.17, 15) is 4.39 Å². The van der Waals surface area contributed by atoms with Crippen LogP contribution in [0.2, 0.25) is 0 Å². The van der Waals surface area contributed by atoms with E-state index in [1.807, 2.05) is 6.07 Å². The third kappa shape index (κ3) is 2.27. The number of nitrogens with two attached hydrogens (primary N) is 1. The smallest absolute Gasteiger partial charge is 0.123 e. The second-order valence-electron chi connectivity index (χ2n) is 5.52. The Morgan fingerprint density at radius 1 is 1.25 bits per heavy atom. The predicted octanol–water partition coefficient (Wildman–Crippen LogP) is 3.44. The van der Waals surface area contributed by atoms with Crippen molar-refractivity contribution in [3.05, 3.63) is 35.6 Å². The van der Waals surface area contributed by atoms with Crippen molar-refractivity contribution in [2.24, 2.45) is 17.6 Å². The highest BCUT2D eigenvalue weighted by atomic mass is 19.1. The summed E-state index contributed by atoms with van der Waals surface area (Å²) in [4.78, 5) is 0. The van der Waals surface area contributed by atoms with E-state index in [2.05, 4.69) is 13.8 Å². The minimum absolute atomic E-state index is 0.187. The highest BCUT2D eigenvalue weighted by Crippen LogP contribution is 2.40. The molecule has 1 saturated carbocycles. The normalized spacial score (nSPS) is 35.0. The summed E-state index contributed by atoms with van der Waals surface area (Å²) in [5.41, 5.74) is 7.08. The summed E-state index contributed by atoms with van der Waals surface area (Å²) >= 11 is 0. The van der Waals surface area contributed by atoms with E-state index in [-0.39, 0.29) is 11.4 Å². The van der Waals surface area contributed by atoms with E-state index in [4.69, 9.17) is 5.73 Å². The number of rotatable bonds is 1. The Hall–Kier alpha value is -0.890. The maximum atomic E-state index is 13.2. The summed E-state index contributed by atoms with van der Waals surface area (Å²) in [7, 11) is 0. The lowest BCUT2D eigenvalue weighted by molar-refractivity contribution is 0.183. The van der Waals surface area contributed by atoms with Crippen LogP contribution < -0.4 is 5.73 Å². The van der Waals surface area contributed by atoms with E-state index in [1.54, 1.807) is 12.1 Å². The second-order valence-corrected chi connectivity index (χ2v) is 5.52. The molecule has 1 aromatic rings. The summed E-state index contributed by atoms with van der Waals surface area (Å²) in [6, 6.07) is 6.77. The molecule has 0 bridgehead atoms. The fourth-order valence-electron chi connectivity index (χ4n) is 3.21. The first-order valence-corrected chi connectivity index (χ1v) is 6.04. The van der Waals surface area contributed by atoms with Crippen LogP contribution in [-0.4, -0.2) is 0 Å². The third-order valence-corrected chi connectivity index (χ3v) is 3.63. The van der Waals surface area contributed by atoms with Gasteiger partial charge in [-0.15, -0.1) is 0 Å². The van der Waals surface area contributed by atoms with Gasteiger partial charge in [-0.05, 0) is 48.8 Å². The Labute approximate surface area is 96.9 Å². The van der Waals surface area contributed by atoms with Gasteiger partial charge in [0.1, 0.15) is 5.82 Å². The van der Waals surface area contributed by atoms with Crippen LogP contribution >= 0.6 is 0 Å². The fourth-order valence-corrected chi connectivity index (χ4v) is 3.21. The molecule has 0 aliphatic heterocycles. The van der Waals surface area contributed by atoms with Crippen LogP contribution in [0.5, 0.6) is 0 Å². The van der Waals surface area contributed by atoms with Crippen LogP contribution in [0.3, 0.4) is 0 Å². The minimum Gasteiger partial charge on any atom is -0.321 e. The van der Waals surface area contributed by atoms with E-state index in [0.717, 1.165) is 18.4 Å². The highest BCUT2D eigenvalue weighted by Gasteiger charge is 2.35. The van der Waals surface area contributed by atoms with Gasteiger partial charge in [0.15, 0.2) is 0 Å². The average Bonchev–Trinajstić information content (AvgIpc) is 2.15. The SMILES string of the molecule is CC1CC(C)CC(N)(c2cccc(F)c2)C1. The van der Waals surface area contributed by atoms with Gasteiger partial charge in [-0.2, -0.15) is 0 Å². The lowest BCUT2D eigenvalue weighted by Gasteiger charge is -2.40. The van der Waals surface area contributed by atoms with Crippen LogP contribution in [-0.2, 0) is 5.54 Å². The molecule has 2 rings (SSSR count). The molecular weight excluding hydrogens is 201 g/mol. The zero-order valence-electron chi connectivity index (χ0n) is 10.0. The van der Waals surface area contributed by atoms with Gasteiger partial charge >= 0.3 is 0 Å². The predicted molar refractivity (Wildman–Crippen MR) is 64.4 cm³/mol. The lowest BCUT2D eigenvalue weighted by atomic mass is 9.69.